The van der Waals surface area contributed by atoms with Crippen LogP contribution in [0.5, 0.6) is 17.2 Å². The van der Waals surface area contributed by atoms with Crippen LogP contribution in [0.3, 0.4) is 0 Å². The van der Waals surface area contributed by atoms with E-state index in [1.165, 1.54) is 0 Å². The molecule has 0 aliphatic heterocycles. The van der Waals surface area contributed by atoms with Gasteiger partial charge in [0, 0.05) is 25.7 Å². The van der Waals surface area contributed by atoms with Gasteiger partial charge in [-0.15, -0.1) is 0 Å². The molecule has 25 heavy (non-hydrogen) atoms. The van der Waals surface area contributed by atoms with Crippen molar-refractivity contribution in [3.05, 3.63) is 48.5 Å². The number of nitrogens with one attached hydrogen (secondary N) is 3. The first-order chi connectivity index (χ1) is 12.1. The van der Waals surface area contributed by atoms with Gasteiger partial charge in [-0.05, 0) is 36.4 Å². The first-order valence-corrected chi connectivity index (χ1v) is 7.78. The third kappa shape index (κ3) is 5.72. The predicted molar refractivity (Wildman–Crippen MR) is 95.2 cm³/mol. The summed E-state index contributed by atoms with van der Waals surface area (Å²) in [5, 5.41) is 7.78. The van der Waals surface area contributed by atoms with Gasteiger partial charge in [0.05, 0.1) is 7.11 Å². The number of amides is 3. The van der Waals surface area contributed by atoms with Gasteiger partial charge in [-0.1, -0.05) is 12.1 Å². The number of urea groups is 1. The fourth-order valence-corrected chi connectivity index (χ4v) is 2.03. The molecule has 0 saturated carbocycles. The van der Waals surface area contributed by atoms with E-state index in [9.17, 15) is 9.59 Å². The minimum absolute atomic E-state index is 0.127. The fourth-order valence-electron chi connectivity index (χ4n) is 2.03. The van der Waals surface area contributed by atoms with Gasteiger partial charge in [-0.25, -0.2) is 4.79 Å². The van der Waals surface area contributed by atoms with Crippen molar-refractivity contribution in [3.8, 4) is 17.2 Å². The fraction of sp³-hybridized carbons (Fsp3) is 0.222. The summed E-state index contributed by atoms with van der Waals surface area (Å²) in [4.78, 5) is 22.8. The van der Waals surface area contributed by atoms with E-state index in [0.717, 1.165) is 0 Å². The number of methoxy groups -OCH3 is 1. The predicted octanol–water partition coefficient (Wildman–Crippen LogP) is 2.75. The van der Waals surface area contributed by atoms with Crippen molar-refractivity contribution in [3.63, 3.8) is 0 Å². The molecule has 0 atom stereocenters. The van der Waals surface area contributed by atoms with Gasteiger partial charge in [0.25, 0.3) is 0 Å². The average molecular weight is 343 g/mol. The lowest BCUT2D eigenvalue weighted by atomic mass is 10.3. The van der Waals surface area contributed by atoms with Gasteiger partial charge in [0.1, 0.15) is 5.75 Å². The molecule has 0 aliphatic carbocycles. The molecule has 0 saturated heterocycles. The highest BCUT2D eigenvalue weighted by Crippen LogP contribution is 2.31. The van der Waals surface area contributed by atoms with Crippen molar-refractivity contribution in [1.29, 1.82) is 0 Å². The molecule has 3 N–H and O–H groups in total. The zero-order valence-corrected chi connectivity index (χ0v) is 14.2. The molecule has 0 aromatic heterocycles. The van der Waals surface area contributed by atoms with Gasteiger partial charge < -0.3 is 25.4 Å². The number of para-hydroxylation sites is 2. The molecule has 7 heteroatoms. The van der Waals surface area contributed by atoms with Crippen LogP contribution in [0.2, 0.25) is 0 Å². The van der Waals surface area contributed by atoms with Crippen LogP contribution in [0.4, 0.5) is 10.5 Å². The lowest BCUT2D eigenvalue weighted by Crippen LogP contribution is -2.32. The first-order valence-electron chi connectivity index (χ1n) is 7.78. The Morgan fingerprint density at radius 3 is 2.32 bits per heavy atom. The Balaban J connectivity index is 1.87. The number of carbonyl (C=O) groups excluding carboxylic acids is 2. The summed E-state index contributed by atoms with van der Waals surface area (Å²) >= 11 is 0. The summed E-state index contributed by atoms with van der Waals surface area (Å²) in [7, 11) is 3.13. The van der Waals surface area contributed by atoms with E-state index in [1.807, 2.05) is 24.3 Å². The normalized spacial score (nSPS) is 9.84. The molecule has 7 nitrogen and oxygen atoms in total. The van der Waals surface area contributed by atoms with Gasteiger partial charge in [0.15, 0.2) is 11.5 Å². The number of hydrogen-bond acceptors (Lipinski definition) is 4. The van der Waals surface area contributed by atoms with E-state index in [-0.39, 0.29) is 24.9 Å². The third-order valence-electron chi connectivity index (χ3n) is 3.33. The van der Waals surface area contributed by atoms with Crippen LogP contribution in [0.25, 0.3) is 0 Å². The number of hydrogen-bond donors (Lipinski definition) is 3. The summed E-state index contributed by atoms with van der Waals surface area (Å²) in [6.45, 7) is 0.264. The number of ether oxygens (including phenoxy) is 2. The SMILES string of the molecule is CNC(=O)CCNC(=O)Nc1ccc(Oc2ccccc2OC)cc1. The van der Waals surface area contributed by atoms with E-state index in [4.69, 9.17) is 9.47 Å². The third-order valence-corrected chi connectivity index (χ3v) is 3.33. The topological polar surface area (TPSA) is 88.7 Å². The minimum atomic E-state index is -0.373. The Labute approximate surface area is 146 Å². The molecule has 0 spiro atoms. The van der Waals surface area contributed by atoms with E-state index in [2.05, 4.69) is 16.0 Å². The molecule has 0 radical (unpaired) electrons. The highest BCUT2D eigenvalue weighted by molar-refractivity contribution is 5.89. The van der Waals surface area contributed by atoms with Crippen LogP contribution in [0.15, 0.2) is 48.5 Å². The summed E-state index contributed by atoms with van der Waals surface area (Å²) in [5.74, 6) is 1.74. The van der Waals surface area contributed by atoms with E-state index < -0.39 is 0 Å². The maximum atomic E-state index is 11.7. The Kier molecular flexibility index (Phi) is 6.65. The summed E-state index contributed by atoms with van der Waals surface area (Å²) < 4.78 is 11.0. The Morgan fingerprint density at radius 2 is 1.68 bits per heavy atom. The van der Waals surface area contributed by atoms with Gasteiger partial charge in [-0.3, -0.25) is 4.79 Å². The molecule has 2 rings (SSSR count). The average Bonchev–Trinajstić information content (AvgIpc) is 2.63. The highest BCUT2D eigenvalue weighted by Gasteiger charge is 2.06. The van der Waals surface area contributed by atoms with Crippen molar-refractivity contribution < 1.29 is 19.1 Å². The van der Waals surface area contributed by atoms with Crippen molar-refractivity contribution in [2.45, 2.75) is 6.42 Å². The first kappa shape index (κ1) is 18.1. The standard InChI is InChI=1S/C18H21N3O4/c1-19-17(22)11-12-20-18(23)21-13-7-9-14(10-8-13)25-16-6-4-3-5-15(16)24-2/h3-10H,11-12H2,1-2H3,(H,19,22)(H2,20,21,23). The van der Waals surface area contributed by atoms with E-state index in [1.54, 1.807) is 38.4 Å². The molecule has 2 aromatic rings. The zero-order chi connectivity index (χ0) is 18.1. The van der Waals surface area contributed by atoms with Crippen LogP contribution < -0.4 is 25.4 Å². The number of rotatable bonds is 7. The van der Waals surface area contributed by atoms with E-state index >= 15 is 0 Å². The van der Waals surface area contributed by atoms with E-state index in [0.29, 0.717) is 22.9 Å². The largest absolute Gasteiger partial charge is 0.493 e. The highest BCUT2D eigenvalue weighted by atomic mass is 16.5. The summed E-state index contributed by atoms with van der Waals surface area (Å²) in [6, 6.07) is 13.9. The van der Waals surface area contributed by atoms with Gasteiger partial charge in [0.2, 0.25) is 5.91 Å². The van der Waals surface area contributed by atoms with Crippen LogP contribution in [0.1, 0.15) is 6.42 Å². The molecule has 0 bridgehead atoms. The Morgan fingerprint density at radius 1 is 1.00 bits per heavy atom. The minimum Gasteiger partial charge on any atom is -0.493 e. The smallest absolute Gasteiger partial charge is 0.319 e. The van der Waals surface area contributed by atoms with Crippen molar-refractivity contribution in [2.75, 3.05) is 26.0 Å². The molecule has 0 heterocycles. The van der Waals surface area contributed by atoms with Crippen LogP contribution in [-0.4, -0.2) is 32.6 Å². The lowest BCUT2D eigenvalue weighted by Gasteiger charge is -2.11. The maximum Gasteiger partial charge on any atom is 0.319 e. The molecular weight excluding hydrogens is 322 g/mol. The second-order valence-electron chi connectivity index (χ2n) is 5.08. The van der Waals surface area contributed by atoms with Crippen molar-refractivity contribution >= 4 is 17.6 Å². The summed E-state index contributed by atoms with van der Waals surface area (Å²) in [6.07, 6.45) is 0.232. The quantitative estimate of drug-likeness (QED) is 0.721. The monoisotopic (exact) mass is 343 g/mol. The Hall–Kier alpha value is -3.22. The maximum absolute atomic E-state index is 11.7. The van der Waals surface area contributed by atoms with Crippen molar-refractivity contribution in [1.82, 2.24) is 10.6 Å². The number of anilines is 1. The summed E-state index contributed by atoms with van der Waals surface area (Å²) in [5.41, 5.74) is 0.616. The lowest BCUT2D eigenvalue weighted by molar-refractivity contribution is -0.120. The Bertz CT molecular complexity index is 717. The second kappa shape index (κ2) is 9.17. The van der Waals surface area contributed by atoms with Gasteiger partial charge >= 0.3 is 6.03 Å². The van der Waals surface area contributed by atoms with Crippen LogP contribution >= 0.6 is 0 Å². The van der Waals surface area contributed by atoms with Crippen LogP contribution in [-0.2, 0) is 4.79 Å². The molecule has 0 unspecified atom stereocenters. The van der Waals surface area contributed by atoms with Crippen LogP contribution in [0, 0.1) is 0 Å². The van der Waals surface area contributed by atoms with Crippen molar-refractivity contribution in [2.24, 2.45) is 0 Å². The molecule has 0 fully saturated rings. The zero-order valence-electron chi connectivity index (χ0n) is 14.2. The molecular formula is C18H21N3O4. The van der Waals surface area contributed by atoms with Gasteiger partial charge in [-0.2, -0.15) is 0 Å². The number of benzene rings is 2. The molecule has 0 aliphatic rings. The molecule has 3 amide bonds. The molecule has 132 valence electrons. The second-order valence-corrected chi connectivity index (χ2v) is 5.08. The number of carbonyl (C=O) groups is 2. The molecule has 2 aromatic carbocycles.